The van der Waals surface area contributed by atoms with Gasteiger partial charge >= 0.3 is 5.91 Å². The average molecular weight is 513 g/mol. The molecule has 3 aromatic heterocycles. The third-order valence-corrected chi connectivity index (χ3v) is 7.47. The maximum absolute atomic E-state index is 13.6. The van der Waals surface area contributed by atoms with Gasteiger partial charge in [-0.1, -0.05) is 35.6 Å². The summed E-state index contributed by atoms with van der Waals surface area (Å²) in [4.78, 5) is 35.7. The van der Waals surface area contributed by atoms with Crippen LogP contribution in [-0.2, 0) is 0 Å². The van der Waals surface area contributed by atoms with Crippen molar-refractivity contribution in [3.63, 3.8) is 0 Å². The summed E-state index contributed by atoms with van der Waals surface area (Å²) in [5.74, 6) is 0.225. The van der Waals surface area contributed by atoms with Gasteiger partial charge < -0.3 is 9.15 Å². The van der Waals surface area contributed by atoms with Gasteiger partial charge in [-0.05, 0) is 42.5 Å². The van der Waals surface area contributed by atoms with Crippen molar-refractivity contribution in [2.45, 2.75) is 0 Å². The van der Waals surface area contributed by atoms with Gasteiger partial charge in [0.05, 0.1) is 44.7 Å². The van der Waals surface area contributed by atoms with Gasteiger partial charge in [-0.3, -0.25) is 9.59 Å². The zero-order chi connectivity index (χ0) is 24.6. The molecule has 0 aliphatic carbocycles. The Bertz CT molecular complexity index is 1820. The highest BCUT2D eigenvalue weighted by Gasteiger charge is 2.24. The Labute approximate surface area is 211 Å². The van der Waals surface area contributed by atoms with E-state index in [-0.39, 0.29) is 16.0 Å². The van der Waals surface area contributed by atoms with Gasteiger partial charge in [0.1, 0.15) is 17.6 Å². The van der Waals surface area contributed by atoms with Crippen LogP contribution in [0.2, 0.25) is 0 Å². The van der Waals surface area contributed by atoms with E-state index in [1.165, 1.54) is 40.2 Å². The number of amides is 1. The van der Waals surface area contributed by atoms with E-state index >= 15 is 0 Å². The lowest BCUT2D eigenvalue weighted by Gasteiger charge is -2.11. The summed E-state index contributed by atoms with van der Waals surface area (Å²) in [5.41, 5.74) is 1.85. The molecule has 0 aliphatic rings. The van der Waals surface area contributed by atoms with Gasteiger partial charge in [0.15, 0.2) is 5.01 Å². The zero-order valence-electron chi connectivity index (χ0n) is 18.7. The van der Waals surface area contributed by atoms with Crippen LogP contribution in [-0.4, -0.2) is 29.2 Å². The number of rotatable bonds is 5. The summed E-state index contributed by atoms with van der Waals surface area (Å²) in [6, 6.07) is 19.9. The molecule has 0 bridgehead atoms. The number of anilines is 1. The summed E-state index contributed by atoms with van der Waals surface area (Å²) >= 11 is 2.55. The van der Waals surface area contributed by atoms with Crippen molar-refractivity contribution >= 4 is 71.3 Å². The maximum Gasteiger partial charge on any atom is 0.309 e. The number of fused-ring (bicyclic) bond motifs is 3. The molecule has 0 N–H and O–H groups in total. The molecule has 6 aromatic rings. The fourth-order valence-corrected chi connectivity index (χ4v) is 5.50. The predicted molar refractivity (Wildman–Crippen MR) is 143 cm³/mol. The number of hydrogen-bond acceptors (Lipinski definition) is 9. The maximum atomic E-state index is 13.6. The molecule has 3 heterocycles. The van der Waals surface area contributed by atoms with Crippen LogP contribution in [0.5, 0.6) is 5.75 Å². The van der Waals surface area contributed by atoms with Crippen LogP contribution < -0.4 is 15.2 Å². The Balaban J connectivity index is 1.46. The smallest absolute Gasteiger partial charge is 0.309 e. The molecule has 0 unspecified atom stereocenters. The first-order valence-electron chi connectivity index (χ1n) is 10.8. The zero-order valence-corrected chi connectivity index (χ0v) is 20.4. The van der Waals surface area contributed by atoms with Crippen molar-refractivity contribution in [2.75, 3.05) is 12.1 Å². The van der Waals surface area contributed by atoms with Crippen molar-refractivity contribution in [3.8, 4) is 5.75 Å². The van der Waals surface area contributed by atoms with Crippen LogP contribution in [0.3, 0.4) is 0 Å². The second-order valence-corrected chi connectivity index (χ2v) is 9.73. The molecular formula is C26H16N4O4S2. The molecule has 0 atom stereocenters. The molecular weight excluding hydrogens is 496 g/mol. The van der Waals surface area contributed by atoms with Gasteiger partial charge in [0.2, 0.25) is 10.6 Å². The summed E-state index contributed by atoms with van der Waals surface area (Å²) in [6.07, 6.45) is 2.65. The summed E-state index contributed by atoms with van der Waals surface area (Å²) < 4.78 is 12.6. The van der Waals surface area contributed by atoms with Crippen LogP contribution >= 0.6 is 22.7 Å². The van der Waals surface area contributed by atoms with Crippen LogP contribution in [0.15, 0.2) is 87.3 Å². The average Bonchev–Trinajstić information content (AvgIpc) is 3.54. The number of para-hydroxylation sites is 2. The Hall–Kier alpha value is -4.41. The third kappa shape index (κ3) is 3.92. The van der Waals surface area contributed by atoms with Gasteiger partial charge in [0, 0.05) is 0 Å². The van der Waals surface area contributed by atoms with E-state index in [2.05, 4.69) is 15.1 Å². The fourth-order valence-electron chi connectivity index (χ4n) is 3.66. The lowest BCUT2D eigenvalue weighted by molar-refractivity contribution is 0.0987. The van der Waals surface area contributed by atoms with E-state index in [1.54, 1.807) is 37.4 Å². The van der Waals surface area contributed by atoms with Crippen LogP contribution in [0.4, 0.5) is 5.13 Å². The number of methoxy groups -OCH3 is 1. The molecule has 6 rings (SSSR count). The Kier molecular flexibility index (Phi) is 5.51. The fraction of sp³-hybridized carbons (Fsp3) is 0.0385. The van der Waals surface area contributed by atoms with Crippen molar-refractivity contribution < 1.29 is 13.9 Å². The van der Waals surface area contributed by atoms with E-state index < -0.39 is 5.91 Å². The molecule has 0 aliphatic heterocycles. The Morgan fingerprint density at radius 1 is 1.00 bits per heavy atom. The molecule has 1 amide bonds. The summed E-state index contributed by atoms with van der Waals surface area (Å²) in [6.45, 7) is 0. The molecule has 0 saturated heterocycles. The molecule has 0 saturated carbocycles. The number of hydrogen-bond donors (Lipinski definition) is 0. The van der Waals surface area contributed by atoms with Crippen LogP contribution in [0, 0.1) is 0 Å². The number of benzene rings is 3. The molecule has 0 radical (unpaired) electrons. The summed E-state index contributed by atoms with van der Waals surface area (Å²) in [5, 5.41) is 6.59. The molecule has 176 valence electrons. The van der Waals surface area contributed by atoms with E-state index in [4.69, 9.17) is 9.15 Å². The van der Waals surface area contributed by atoms with E-state index in [0.717, 1.165) is 14.9 Å². The third-order valence-electron chi connectivity index (χ3n) is 5.45. The molecule has 36 heavy (non-hydrogen) atoms. The number of carbonyl (C=O) groups is 1. The SMILES string of the molecule is COc1ccc2nc(N(/N=C/c3coc4ccccc4c3=O)C(=O)c3nc4ccccc4s3)sc2c1. The summed E-state index contributed by atoms with van der Waals surface area (Å²) in [7, 11) is 1.59. The first-order chi connectivity index (χ1) is 17.6. The van der Waals surface area contributed by atoms with Crippen molar-refractivity contribution in [3.05, 3.63) is 93.8 Å². The second-order valence-electron chi connectivity index (χ2n) is 7.69. The lowest BCUT2D eigenvalue weighted by Crippen LogP contribution is -2.26. The standard InChI is InChI=1S/C26H16N4O4S2/c1-33-16-10-11-19-22(12-16)36-26(29-19)30(25(32)24-28-18-7-3-5-9-21(18)35-24)27-13-15-14-34-20-8-4-2-6-17(20)23(15)31/h2-14H,1H3/b27-13+. The van der Waals surface area contributed by atoms with E-state index in [0.29, 0.717) is 27.4 Å². The molecule has 3 aromatic carbocycles. The second kappa shape index (κ2) is 8.99. The Morgan fingerprint density at radius 2 is 1.81 bits per heavy atom. The highest BCUT2D eigenvalue weighted by atomic mass is 32.1. The molecule has 0 spiro atoms. The van der Waals surface area contributed by atoms with Crippen LogP contribution in [0.25, 0.3) is 31.4 Å². The highest BCUT2D eigenvalue weighted by molar-refractivity contribution is 7.23. The van der Waals surface area contributed by atoms with Crippen molar-refractivity contribution in [1.29, 1.82) is 0 Å². The number of hydrazone groups is 1. The molecule has 10 heteroatoms. The molecule has 8 nitrogen and oxygen atoms in total. The number of ether oxygens (including phenoxy) is 1. The van der Waals surface area contributed by atoms with E-state index in [9.17, 15) is 9.59 Å². The minimum Gasteiger partial charge on any atom is -0.497 e. The largest absolute Gasteiger partial charge is 0.497 e. The number of thiazole rings is 2. The normalized spacial score (nSPS) is 11.6. The topological polar surface area (TPSA) is 97.9 Å². The van der Waals surface area contributed by atoms with Gasteiger partial charge in [-0.2, -0.15) is 10.1 Å². The highest BCUT2D eigenvalue weighted by Crippen LogP contribution is 2.33. The van der Waals surface area contributed by atoms with Crippen molar-refractivity contribution in [2.24, 2.45) is 5.10 Å². The van der Waals surface area contributed by atoms with Crippen LogP contribution in [0.1, 0.15) is 15.4 Å². The first-order valence-corrected chi connectivity index (χ1v) is 12.4. The first kappa shape index (κ1) is 22.1. The van der Waals surface area contributed by atoms with Crippen molar-refractivity contribution in [1.82, 2.24) is 9.97 Å². The monoisotopic (exact) mass is 512 g/mol. The number of aromatic nitrogens is 2. The van der Waals surface area contributed by atoms with Gasteiger partial charge in [-0.25, -0.2) is 9.97 Å². The Morgan fingerprint density at radius 3 is 2.67 bits per heavy atom. The minimum atomic E-state index is -0.455. The number of carbonyl (C=O) groups excluding carboxylic acids is 1. The molecule has 0 fully saturated rings. The quantitative estimate of drug-likeness (QED) is 0.217. The predicted octanol–water partition coefficient (Wildman–Crippen LogP) is 5.70. The van der Waals surface area contributed by atoms with Gasteiger partial charge in [-0.15, -0.1) is 11.3 Å². The van der Waals surface area contributed by atoms with Gasteiger partial charge in [0.25, 0.3) is 0 Å². The minimum absolute atomic E-state index is 0.207. The number of nitrogens with zero attached hydrogens (tertiary/aromatic N) is 4. The van der Waals surface area contributed by atoms with E-state index in [1.807, 2.05) is 36.4 Å². The lowest BCUT2D eigenvalue weighted by atomic mass is 10.2.